The summed E-state index contributed by atoms with van der Waals surface area (Å²) < 4.78 is 0. The van der Waals surface area contributed by atoms with Gasteiger partial charge in [-0.05, 0) is 74.9 Å². The monoisotopic (exact) mass is 358 g/mol. The topological polar surface area (TPSA) is 40.5 Å². The minimum atomic E-state index is 0.392. The van der Waals surface area contributed by atoms with Gasteiger partial charge in [0.15, 0.2) is 0 Å². The molecule has 0 saturated carbocycles. The van der Waals surface area contributed by atoms with Crippen molar-refractivity contribution in [3.8, 4) is 11.5 Å². The van der Waals surface area contributed by atoms with E-state index in [2.05, 4.69) is 26.0 Å². The smallest absolute Gasteiger partial charge is 0.120 e. The molecular weight excluding hydrogens is 328 g/mol. The van der Waals surface area contributed by atoms with Gasteiger partial charge in [0, 0.05) is 20.9 Å². The van der Waals surface area contributed by atoms with Crippen LogP contribution in [-0.4, -0.2) is 10.2 Å². The summed E-state index contributed by atoms with van der Waals surface area (Å²) in [7, 11) is 0. The molecule has 0 spiro atoms. The van der Waals surface area contributed by atoms with E-state index in [0.717, 1.165) is 70.6 Å². The zero-order chi connectivity index (χ0) is 18.4. The van der Waals surface area contributed by atoms with Crippen LogP contribution in [0.5, 0.6) is 11.5 Å². The lowest BCUT2D eigenvalue weighted by molar-refractivity contribution is 0.464. The number of unbranched alkanes of at least 4 members (excludes halogenated alkanes) is 2. The maximum absolute atomic E-state index is 10.4. The van der Waals surface area contributed by atoms with Gasteiger partial charge in [0.2, 0.25) is 0 Å². The molecule has 0 aliphatic heterocycles. The second kappa shape index (κ2) is 9.19. The second-order valence-electron chi connectivity index (χ2n) is 6.83. The molecular formula is C22H30O2S. The van der Waals surface area contributed by atoms with Crippen molar-refractivity contribution in [3.63, 3.8) is 0 Å². The van der Waals surface area contributed by atoms with Crippen LogP contribution >= 0.6 is 11.8 Å². The molecule has 2 N–H and O–H groups in total. The van der Waals surface area contributed by atoms with E-state index < -0.39 is 0 Å². The Balaban J connectivity index is 2.45. The van der Waals surface area contributed by atoms with E-state index in [1.807, 2.05) is 26.0 Å². The minimum absolute atomic E-state index is 0.392. The molecule has 0 aromatic heterocycles. The summed E-state index contributed by atoms with van der Waals surface area (Å²) >= 11 is 1.68. The Kier molecular flexibility index (Phi) is 7.24. The number of benzene rings is 2. The van der Waals surface area contributed by atoms with Crippen LogP contribution in [0.1, 0.15) is 61.8 Å². The second-order valence-corrected chi connectivity index (χ2v) is 7.91. The van der Waals surface area contributed by atoms with Gasteiger partial charge >= 0.3 is 0 Å². The van der Waals surface area contributed by atoms with Gasteiger partial charge in [-0.15, -0.1) is 0 Å². The third-order valence-electron chi connectivity index (χ3n) is 4.44. The molecule has 25 heavy (non-hydrogen) atoms. The van der Waals surface area contributed by atoms with Crippen molar-refractivity contribution in [2.45, 2.75) is 76.0 Å². The molecule has 0 amide bonds. The summed E-state index contributed by atoms with van der Waals surface area (Å²) in [5, 5.41) is 20.9. The molecule has 0 aliphatic rings. The molecule has 0 bridgehead atoms. The van der Waals surface area contributed by atoms with Crippen LogP contribution < -0.4 is 0 Å². The molecule has 2 aromatic rings. The number of phenols is 2. The van der Waals surface area contributed by atoms with Gasteiger partial charge in [-0.25, -0.2) is 0 Å². The fourth-order valence-electron chi connectivity index (χ4n) is 3.04. The summed E-state index contributed by atoms with van der Waals surface area (Å²) in [5.74, 6) is 0.783. The largest absolute Gasteiger partial charge is 0.508 e. The van der Waals surface area contributed by atoms with E-state index in [1.54, 1.807) is 11.8 Å². The van der Waals surface area contributed by atoms with Gasteiger partial charge in [0.25, 0.3) is 0 Å². The van der Waals surface area contributed by atoms with Crippen LogP contribution in [0.4, 0.5) is 0 Å². The van der Waals surface area contributed by atoms with E-state index >= 15 is 0 Å². The summed E-state index contributed by atoms with van der Waals surface area (Å²) in [6.07, 6.45) is 6.09. The predicted octanol–water partition coefficient (Wildman–Crippen LogP) is 6.55. The molecule has 0 heterocycles. The molecule has 0 atom stereocenters. The third-order valence-corrected chi connectivity index (χ3v) is 5.61. The van der Waals surface area contributed by atoms with Crippen molar-refractivity contribution in [3.05, 3.63) is 46.5 Å². The average Bonchev–Trinajstić information content (AvgIpc) is 2.53. The summed E-state index contributed by atoms with van der Waals surface area (Å²) in [6.45, 7) is 8.36. The highest BCUT2D eigenvalue weighted by molar-refractivity contribution is 7.99. The molecule has 136 valence electrons. The summed E-state index contributed by atoms with van der Waals surface area (Å²) in [5.41, 5.74) is 4.18. The van der Waals surface area contributed by atoms with E-state index in [-0.39, 0.29) is 0 Å². The first kappa shape index (κ1) is 19.7. The quantitative estimate of drug-likeness (QED) is 0.562. The molecule has 0 radical (unpaired) electrons. The highest BCUT2D eigenvalue weighted by atomic mass is 32.2. The van der Waals surface area contributed by atoms with Gasteiger partial charge in [-0.1, -0.05) is 38.5 Å². The average molecular weight is 359 g/mol. The van der Waals surface area contributed by atoms with Gasteiger partial charge in [0.1, 0.15) is 11.5 Å². The summed E-state index contributed by atoms with van der Waals surface area (Å²) in [6, 6.07) is 8.00. The van der Waals surface area contributed by atoms with Crippen LogP contribution in [0.25, 0.3) is 0 Å². The third kappa shape index (κ3) is 5.18. The number of phenolic OH excluding ortho intramolecular Hbond substituents is 2. The predicted molar refractivity (Wildman–Crippen MR) is 107 cm³/mol. The van der Waals surface area contributed by atoms with E-state index in [1.165, 1.54) is 0 Å². The Labute approximate surface area is 156 Å². The van der Waals surface area contributed by atoms with Crippen molar-refractivity contribution in [2.75, 3.05) is 0 Å². The number of rotatable bonds is 8. The molecule has 2 nitrogen and oxygen atoms in total. The number of aryl methyl sites for hydroxylation is 2. The molecule has 3 heteroatoms. The number of hydrogen-bond donors (Lipinski definition) is 2. The molecule has 0 saturated heterocycles. The summed E-state index contributed by atoms with van der Waals surface area (Å²) in [4.78, 5) is 2.21. The molecule has 0 aliphatic carbocycles. The zero-order valence-corrected chi connectivity index (χ0v) is 16.7. The zero-order valence-electron chi connectivity index (χ0n) is 15.9. The highest BCUT2D eigenvalue weighted by Crippen LogP contribution is 2.41. The molecule has 0 unspecified atom stereocenters. The van der Waals surface area contributed by atoms with Crippen LogP contribution in [0.3, 0.4) is 0 Å². The maximum Gasteiger partial charge on any atom is 0.120 e. The van der Waals surface area contributed by atoms with Gasteiger partial charge in [-0.2, -0.15) is 0 Å². The number of aromatic hydroxyl groups is 2. The molecule has 2 aromatic carbocycles. The Bertz CT molecular complexity index is 661. The fraction of sp³-hybridized carbons (Fsp3) is 0.455. The molecule has 0 fully saturated rings. The van der Waals surface area contributed by atoms with Crippen molar-refractivity contribution < 1.29 is 10.2 Å². The standard InChI is InChI=1S/C22H30O2S/c1-5-7-9-17-19(23)11-15(3)13-21(17)25-22-14-16(4)12-20(24)18(22)10-8-6-2/h11-14,23-24H,5-10H2,1-4H3. The maximum atomic E-state index is 10.4. The Morgan fingerprint density at radius 3 is 1.48 bits per heavy atom. The number of hydrogen-bond acceptors (Lipinski definition) is 3. The first-order valence-electron chi connectivity index (χ1n) is 9.29. The lowest BCUT2D eigenvalue weighted by Gasteiger charge is -2.16. The first-order chi connectivity index (χ1) is 12.0. The Hall–Kier alpha value is -1.61. The van der Waals surface area contributed by atoms with E-state index in [0.29, 0.717) is 11.5 Å². The van der Waals surface area contributed by atoms with Crippen LogP contribution in [0.15, 0.2) is 34.1 Å². The van der Waals surface area contributed by atoms with Gasteiger partial charge in [0.05, 0.1) is 0 Å². The van der Waals surface area contributed by atoms with E-state index in [9.17, 15) is 10.2 Å². The van der Waals surface area contributed by atoms with Gasteiger partial charge in [-0.3, -0.25) is 0 Å². The van der Waals surface area contributed by atoms with Crippen LogP contribution in [0, 0.1) is 13.8 Å². The van der Waals surface area contributed by atoms with Crippen molar-refractivity contribution in [1.29, 1.82) is 0 Å². The van der Waals surface area contributed by atoms with Crippen LogP contribution in [-0.2, 0) is 12.8 Å². The highest BCUT2D eigenvalue weighted by Gasteiger charge is 2.15. The lowest BCUT2D eigenvalue weighted by atomic mass is 10.0. The fourth-order valence-corrected chi connectivity index (χ4v) is 4.43. The normalized spacial score (nSPS) is 11.0. The SMILES string of the molecule is CCCCc1c(O)cc(C)cc1Sc1cc(C)cc(O)c1CCCC. The Morgan fingerprint density at radius 2 is 1.12 bits per heavy atom. The van der Waals surface area contributed by atoms with Crippen molar-refractivity contribution in [2.24, 2.45) is 0 Å². The molecule has 2 rings (SSSR count). The van der Waals surface area contributed by atoms with Gasteiger partial charge < -0.3 is 10.2 Å². The Morgan fingerprint density at radius 1 is 0.720 bits per heavy atom. The minimum Gasteiger partial charge on any atom is -0.508 e. The lowest BCUT2D eigenvalue weighted by Crippen LogP contribution is -1.95. The van der Waals surface area contributed by atoms with Crippen molar-refractivity contribution >= 4 is 11.8 Å². The first-order valence-corrected chi connectivity index (χ1v) is 10.1. The van der Waals surface area contributed by atoms with Crippen LogP contribution in [0.2, 0.25) is 0 Å². The van der Waals surface area contributed by atoms with Crippen molar-refractivity contribution in [1.82, 2.24) is 0 Å². The van der Waals surface area contributed by atoms with E-state index in [4.69, 9.17) is 0 Å².